The minimum atomic E-state index is -0.442. The third-order valence-electron chi connectivity index (χ3n) is 3.63. The molecule has 0 saturated carbocycles. The normalized spacial score (nSPS) is 10.3. The van der Waals surface area contributed by atoms with Gasteiger partial charge in [-0.05, 0) is 36.6 Å². The molecule has 0 heterocycles. The molecule has 0 aromatic heterocycles. The van der Waals surface area contributed by atoms with Gasteiger partial charge in [0.25, 0.3) is 5.69 Å². The minimum Gasteiger partial charge on any atom is -0.462 e. The van der Waals surface area contributed by atoms with Gasteiger partial charge in [0.1, 0.15) is 0 Å². The third kappa shape index (κ3) is 5.02. The number of nitrogens with zero attached hydrogens (tertiary/aromatic N) is 1. The quantitative estimate of drug-likeness (QED) is 0.434. The van der Waals surface area contributed by atoms with E-state index in [4.69, 9.17) is 9.84 Å². The Morgan fingerprint density at radius 2 is 1.96 bits per heavy atom. The Labute approximate surface area is 145 Å². The number of non-ortho nitro benzene ring substituents is 1. The number of nitro benzene ring substituents is 1. The molecular formula is C18H20N2O5. The zero-order valence-corrected chi connectivity index (χ0v) is 13.9. The summed E-state index contributed by atoms with van der Waals surface area (Å²) in [5.74, 6) is -0.426. The third-order valence-corrected chi connectivity index (χ3v) is 3.63. The minimum absolute atomic E-state index is 0.0432. The van der Waals surface area contributed by atoms with Crippen molar-refractivity contribution in [2.45, 2.75) is 19.9 Å². The molecular weight excluding hydrogens is 324 g/mol. The summed E-state index contributed by atoms with van der Waals surface area (Å²) >= 11 is 0. The van der Waals surface area contributed by atoms with E-state index in [1.807, 2.05) is 6.07 Å². The number of aliphatic hydroxyl groups is 1. The Kier molecular flexibility index (Phi) is 6.47. The number of ether oxygens (including phenoxy) is 1. The van der Waals surface area contributed by atoms with E-state index in [2.05, 4.69) is 5.32 Å². The SMILES string of the molecule is CCOC(=O)c1cc(NCc2ccc([N+](=O)[O-])cc2)ccc1CCO. The second-order valence-corrected chi connectivity index (χ2v) is 5.34. The van der Waals surface area contributed by atoms with Crippen LogP contribution in [0.4, 0.5) is 11.4 Å². The number of carbonyl (C=O) groups is 1. The van der Waals surface area contributed by atoms with Crippen molar-refractivity contribution in [3.05, 3.63) is 69.3 Å². The second-order valence-electron chi connectivity index (χ2n) is 5.34. The van der Waals surface area contributed by atoms with Crippen molar-refractivity contribution in [2.24, 2.45) is 0 Å². The lowest BCUT2D eigenvalue weighted by Crippen LogP contribution is -2.10. The van der Waals surface area contributed by atoms with E-state index in [0.29, 0.717) is 18.5 Å². The molecule has 132 valence electrons. The van der Waals surface area contributed by atoms with E-state index >= 15 is 0 Å². The maximum Gasteiger partial charge on any atom is 0.338 e. The number of aliphatic hydroxyl groups excluding tert-OH is 1. The lowest BCUT2D eigenvalue weighted by atomic mass is 10.0. The molecule has 0 aliphatic rings. The molecule has 2 aromatic rings. The Bertz CT molecular complexity index is 744. The summed E-state index contributed by atoms with van der Waals surface area (Å²) in [6.07, 6.45) is 0.372. The number of nitrogens with one attached hydrogen (secondary N) is 1. The number of hydrogen-bond acceptors (Lipinski definition) is 6. The predicted molar refractivity (Wildman–Crippen MR) is 93.6 cm³/mol. The molecule has 0 spiro atoms. The van der Waals surface area contributed by atoms with Gasteiger partial charge < -0.3 is 15.2 Å². The Balaban J connectivity index is 2.12. The molecule has 7 heteroatoms. The van der Waals surface area contributed by atoms with Gasteiger partial charge in [0.05, 0.1) is 17.1 Å². The van der Waals surface area contributed by atoms with Crippen molar-refractivity contribution in [1.82, 2.24) is 0 Å². The smallest absolute Gasteiger partial charge is 0.338 e. The summed E-state index contributed by atoms with van der Waals surface area (Å²) in [6.45, 7) is 2.42. The fraction of sp³-hybridized carbons (Fsp3) is 0.278. The molecule has 0 unspecified atom stereocenters. The fourth-order valence-electron chi connectivity index (χ4n) is 2.36. The maximum absolute atomic E-state index is 12.1. The van der Waals surface area contributed by atoms with Crippen molar-refractivity contribution >= 4 is 17.3 Å². The largest absolute Gasteiger partial charge is 0.462 e. The molecule has 2 aromatic carbocycles. The second kappa shape index (κ2) is 8.79. The molecule has 0 saturated heterocycles. The predicted octanol–water partition coefficient (Wildman–Crippen LogP) is 2.92. The Hall–Kier alpha value is -2.93. The van der Waals surface area contributed by atoms with Crippen LogP contribution in [0.1, 0.15) is 28.4 Å². The van der Waals surface area contributed by atoms with E-state index < -0.39 is 10.9 Å². The van der Waals surface area contributed by atoms with Gasteiger partial charge >= 0.3 is 5.97 Å². The van der Waals surface area contributed by atoms with Crippen LogP contribution < -0.4 is 5.32 Å². The number of nitro groups is 1. The molecule has 0 atom stereocenters. The monoisotopic (exact) mass is 344 g/mol. The molecule has 0 bridgehead atoms. The molecule has 0 fully saturated rings. The lowest BCUT2D eigenvalue weighted by Gasteiger charge is -2.12. The van der Waals surface area contributed by atoms with Crippen molar-refractivity contribution in [2.75, 3.05) is 18.5 Å². The van der Waals surface area contributed by atoms with Crippen LogP contribution >= 0.6 is 0 Å². The van der Waals surface area contributed by atoms with Gasteiger partial charge in [-0.2, -0.15) is 0 Å². The van der Waals surface area contributed by atoms with Crippen LogP contribution in [0.2, 0.25) is 0 Å². The van der Waals surface area contributed by atoms with Crippen LogP contribution in [0.3, 0.4) is 0 Å². The summed E-state index contributed by atoms with van der Waals surface area (Å²) in [4.78, 5) is 22.3. The molecule has 7 nitrogen and oxygen atoms in total. The first-order valence-corrected chi connectivity index (χ1v) is 7.93. The summed E-state index contributed by atoms with van der Waals surface area (Å²) in [5, 5.41) is 23.0. The van der Waals surface area contributed by atoms with E-state index in [1.54, 1.807) is 31.2 Å². The van der Waals surface area contributed by atoms with Gasteiger partial charge in [-0.15, -0.1) is 0 Å². The van der Waals surface area contributed by atoms with E-state index in [9.17, 15) is 14.9 Å². The highest BCUT2D eigenvalue weighted by Crippen LogP contribution is 2.19. The first kappa shape index (κ1) is 18.4. The summed E-state index contributed by atoms with van der Waals surface area (Å²) in [5.41, 5.74) is 2.79. The van der Waals surface area contributed by atoms with Gasteiger partial charge in [-0.3, -0.25) is 10.1 Å². The summed E-state index contributed by atoms with van der Waals surface area (Å²) in [6, 6.07) is 11.5. The van der Waals surface area contributed by atoms with Crippen molar-refractivity contribution in [3.63, 3.8) is 0 Å². The van der Waals surface area contributed by atoms with Crippen LogP contribution in [0, 0.1) is 10.1 Å². The van der Waals surface area contributed by atoms with Crippen LogP contribution in [-0.2, 0) is 17.7 Å². The Morgan fingerprint density at radius 1 is 1.24 bits per heavy atom. The number of benzene rings is 2. The lowest BCUT2D eigenvalue weighted by molar-refractivity contribution is -0.384. The highest BCUT2D eigenvalue weighted by Gasteiger charge is 2.13. The highest BCUT2D eigenvalue weighted by molar-refractivity contribution is 5.92. The first-order valence-electron chi connectivity index (χ1n) is 7.93. The van der Waals surface area contributed by atoms with E-state index in [-0.39, 0.29) is 18.9 Å². The van der Waals surface area contributed by atoms with Gasteiger partial charge in [0.2, 0.25) is 0 Å². The van der Waals surface area contributed by atoms with E-state index in [1.165, 1.54) is 12.1 Å². The topological polar surface area (TPSA) is 102 Å². The molecule has 0 aliphatic carbocycles. The van der Waals surface area contributed by atoms with Crippen LogP contribution in [0.15, 0.2) is 42.5 Å². The van der Waals surface area contributed by atoms with Gasteiger partial charge in [0.15, 0.2) is 0 Å². The van der Waals surface area contributed by atoms with Gasteiger partial charge in [-0.25, -0.2) is 4.79 Å². The zero-order chi connectivity index (χ0) is 18.2. The zero-order valence-electron chi connectivity index (χ0n) is 13.9. The number of esters is 1. The molecule has 0 radical (unpaired) electrons. The van der Waals surface area contributed by atoms with Gasteiger partial charge in [-0.1, -0.05) is 18.2 Å². The number of hydrogen-bond donors (Lipinski definition) is 2. The first-order chi connectivity index (χ1) is 12.0. The molecule has 0 aliphatic heterocycles. The van der Waals surface area contributed by atoms with Crippen LogP contribution in [0.5, 0.6) is 0 Å². The molecule has 2 rings (SSSR count). The van der Waals surface area contributed by atoms with Crippen molar-refractivity contribution in [3.8, 4) is 0 Å². The molecule has 25 heavy (non-hydrogen) atoms. The summed E-state index contributed by atoms with van der Waals surface area (Å²) < 4.78 is 5.06. The van der Waals surface area contributed by atoms with Crippen LogP contribution in [-0.4, -0.2) is 29.2 Å². The number of rotatable bonds is 8. The van der Waals surface area contributed by atoms with Crippen LogP contribution in [0.25, 0.3) is 0 Å². The average molecular weight is 344 g/mol. The number of carbonyl (C=O) groups excluding carboxylic acids is 1. The van der Waals surface area contributed by atoms with E-state index in [0.717, 1.165) is 16.8 Å². The molecule has 2 N–H and O–H groups in total. The Morgan fingerprint density at radius 3 is 2.56 bits per heavy atom. The number of anilines is 1. The summed E-state index contributed by atoms with van der Waals surface area (Å²) in [7, 11) is 0. The molecule has 0 amide bonds. The van der Waals surface area contributed by atoms with Gasteiger partial charge in [0, 0.05) is 31.0 Å². The highest BCUT2D eigenvalue weighted by atomic mass is 16.6. The van der Waals surface area contributed by atoms with Crippen molar-refractivity contribution in [1.29, 1.82) is 0 Å². The van der Waals surface area contributed by atoms with Crippen molar-refractivity contribution < 1.29 is 19.6 Å². The standard InChI is InChI=1S/C18H20N2O5/c1-2-25-18(22)17-11-15(6-5-14(17)9-10-21)19-12-13-3-7-16(8-4-13)20(23)24/h3-8,11,19,21H,2,9-10,12H2,1H3. The fourth-order valence-corrected chi connectivity index (χ4v) is 2.36. The average Bonchev–Trinajstić information content (AvgIpc) is 2.61. The maximum atomic E-state index is 12.1.